The second-order valence-electron chi connectivity index (χ2n) is 41.9. The lowest BCUT2D eigenvalue weighted by molar-refractivity contribution is 0.103. The van der Waals surface area contributed by atoms with Crippen molar-refractivity contribution in [1.29, 1.82) is 0 Å². The number of benzene rings is 9. The molecule has 0 aliphatic rings. The fourth-order valence-corrected chi connectivity index (χ4v) is 10.6. The van der Waals surface area contributed by atoms with Crippen molar-refractivity contribution in [2.24, 2.45) is 37.9 Å². The maximum Gasteiger partial charge on any atom is 0.138 e. The van der Waals surface area contributed by atoms with Gasteiger partial charge < -0.3 is 18.9 Å². The molecule has 0 heterocycles. The number of ether oxygens (including phenoxy) is 4. The summed E-state index contributed by atoms with van der Waals surface area (Å²) in [5.74, 6) is 3.34. The molecule has 0 aliphatic heterocycles. The summed E-state index contributed by atoms with van der Waals surface area (Å²) in [7, 11) is 0. The average molecular weight is 1640 g/mol. The quantitative estimate of drug-likeness (QED) is 0.109. The standard InChI is InChI=1S/C13H20O.2C13H20.3C12H17ClO.C12H18.2C11H16/c1-10-7-6-8-12(9-10)14-11(2)13(3,4)5;1-11-5-7-12(8-6-11)9-10-13(2,3)4;1-11-6-5-7-12(10-11)8-9-13(2,3)4;1-9-5-6-10(7-11(9)13)14-8-12(2,3)4;1-9-5-6-11(10(13)7-9)14-8-12(2,3)4;1-9(12(2,3)4)14-11-8-6-5-7-10(11)13;1-12(2,3)10-9-11-7-5-4-6-8-11;1-9-5-7-10(8-6-9)11(2,3)4;1-9-6-5-7-10(8-9)11(2,3)4/h6-9,11H,1-5H3;5-8H,9-10H2,1-4H3;5-7,10H,8-9H2,1-4H3;2*5-7H,8H2,1-4H3;5-9H,1-4H3;4-8H,9-10H2,1-3H3;2*5-8H,1-4H3. The predicted molar refractivity (Wildman–Crippen MR) is 516 cm³/mol. The minimum absolute atomic E-state index is 0.124. The van der Waals surface area contributed by atoms with E-state index >= 15 is 0 Å². The molecule has 116 heavy (non-hydrogen) atoms. The summed E-state index contributed by atoms with van der Waals surface area (Å²) in [6.07, 6.45) is 7.75. The molecule has 7 heteroatoms. The topological polar surface area (TPSA) is 36.9 Å². The van der Waals surface area contributed by atoms with Crippen molar-refractivity contribution in [1.82, 2.24) is 0 Å². The fourth-order valence-electron chi connectivity index (χ4n) is 9.95. The van der Waals surface area contributed by atoms with Gasteiger partial charge in [0.1, 0.15) is 35.2 Å². The average Bonchev–Trinajstić information content (AvgIpc) is 0.871. The highest BCUT2D eigenvalue weighted by atomic mass is 35.5. The Kier molecular flexibility index (Phi) is 46.3. The lowest BCUT2D eigenvalue weighted by Crippen LogP contribution is -2.28. The van der Waals surface area contributed by atoms with Gasteiger partial charge in [0.05, 0.1) is 23.3 Å². The molecule has 2 unspecified atom stereocenters. The second-order valence-corrected chi connectivity index (χ2v) is 43.1. The van der Waals surface area contributed by atoms with Gasteiger partial charge in [0.25, 0.3) is 0 Å². The Morgan fingerprint density at radius 2 is 0.664 bits per heavy atom. The minimum atomic E-state index is 0.124. The number of rotatable bonds is 14. The highest BCUT2D eigenvalue weighted by Gasteiger charge is 2.24. The lowest BCUT2D eigenvalue weighted by Gasteiger charge is -2.28. The first kappa shape index (κ1) is 107. The summed E-state index contributed by atoms with van der Waals surface area (Å²) in [6, 6.07) is 73.2. The van der Waals surface area contributed by atoms with Gasteiger partial charge in [-0.3, -0.25) is 0 Å². The molecule has 0 aromatic heterocycles. The summed E-state index contributed by atoms with van der Waals surface area (Å²) in [5.41, 5.74) is 18.6. The van der Waals surface area contributed by atoms with E-state index in [1.54, 1.807) is 0 Å². The highest BCUT2D eigenvalue weighted by Crippen LogP contribution is 2.33. The van der Waals surface area contributed by atoms with Gasteiger partial charge in [-0.05, 0) is 243 Å². The molecular weight excluding hydrogens is 1480 g/mol. The van der Waals surface area contributed by atoms with Gasteiger partial charge in [-0.1, -0.05) is 408 Å². The van der Waals surface area contributed by atoms with Crippen molar-refractivity contribution in [3.05, 3.63) is 294 Å². The Labute approximate surface area is 727 Å². The van der Waals surface area contributed by atoms with E-state index in [4.69, 9.17) is 53.8 Å². The minimum Gasteiger partial charge on any atom is -0.493 e. The molecular formula is C109H161Cl3O4. The Balaban J connectivity index is 0.000000653. The van der Waals surface area contributed by atoms with Crippen LogP contribution in [0.3, 0.4) is 0 Å². The van der Waals surface area contributed by atoms with Crippen LogP contribution in [0.15, 0.2) is 212 Å². The maximum absolute atomic E-state index is 6.03. The predicted octanol–water partition coefficient (Wildman–Crippen LogP) is 34.3. The van der Waals surface area contributed by atoms with Crippen LogP contribution in [0.2, 0.25) is 15.1 Å². The Morgan fingerprint density at radius 1 is 0.267 bits per heavy atom. The van der Waals surface area contributed by atoms with Crippen molar-refractivity contribution < 1.29 is 18.9 Å². The first-order valence-corrected chi connectivity index (χ1v) is 43.4. The van der Waals surface area contributed by atoms with Crippen LogP contribution in [-0.2, 0) is 30.1 Å². The van der Waals surface area contributed by atoms with Crippen LogP contribution in [0.25, 0.3) is 0 Å². The van der Waals surface area contributed by atoms with E-state index in [2.05, 4.69) is 375 Å². The van der Waals surface area contributed by atoms with Crippen molar-refractivity contribution in [2.75, 3.05) is 13.2 Å². The van der Waals surface area contributed by atoms with Crippen molar-refractivity contribution in [3.8, 4) is 23.0 Å². The lowest BCUT2D eigenvalue weighted by atomic mass is 9.86. The van der Waals surface area contributed by atoms with Crippen LogP contribution < -0.4 is 18.9 Å². The molecule has 4 nitrogen and oxygen atoms in total. The first-order chi connectivity index (χ1) is 53.1. The Morgan fingerprint density at radius 3 is 1.09 bits per heavy atom. The largest absolute Gasteiger partial charge is 0.493 e. The number of aryl methyl sites for hydroxylation is 10. The van der Waals surface area contributed by atoms with E-state index in [9.17, 15) is 0 Å². The van der Waals surface area contributed by atoms with Crippen LogP contribution in [0.1, 0.15) is 287 Å². The Bertz CT molecular complexity index is 4140. The highest BCUT2D eigenvalue weighted by molar-refractivity contribution is 6.32. The third-order valence-corrected chi connectivity index (χ3v) is 19.8. The summed E-state index contributed by atoms with van der Waals surface area (Å²) in [6.45, 7) is 80.0. The third kappa shape index (κ3) is 53.5. The van der Waals surface area contributed by atoms with E-state index in [-0.39, 0.29) is 44.7 Å². The zero-order chi connectivity index (χ0) is 88.9. The maximum atomic E-state index is 6.03. The fraction of sp³-hybridized carbons (Fsp3) is 0.505. The molecule has 0 aliphatic carbocycles. The van der Waals surface area contributed by atoms with Crippen molar-refractivity contribution in [2.45, 2.75) is 311 Å². The molecule has 9 rings (SSSR count). The smallest absolute Gasteiger partial charge is 0.138 e. The summed E-state index contributed by atoms with van der Waals surface area (Å²) in [5, 5.41) is 2.12. The van der Waals surface area contributed by atoms with Gasteiger partial charge in [-0.2, -0.15) is 0 Å². The van der Waals surface area contributed by atoms with Crippen LogP contribution in [-0.4, -0.2) is 25.4 Å². The van der Waals surface area contributed by atoms with Crippen LogP contribution in [0.4, 0.5) is 0 Å². The number of para-hydroxylation sites is 1. The molecule has 2 atom stereocenters. The molecule has 642 valence electrons. The molecule has 0 N–H and O–H groups in total. The van der Waals surface area contributed by atoms with Gasteiger partial charge in [0.2, 0.25) is 0 Å². The molecule has 0 amide bonds. The first-order valence-electron chi connectivity index (χ1n) is 42.3. The van der Waals surface area contributed by atoms with Crippen LogP contribution >= 0.6 is 34.8 Å². The number of halogens is 3. The monoisotopic (exact) mass is 1640 g/mol. The van der Waals surface area contributed by atoms with Crippen LogP contribution in [0, 0.1) is 86.4 Å². The van der Waals surface area contributed by atoms with E-state index < -0.39 is 0 Å². The molecule has 0 saturated heterocycles. The van der Waals surface area contributed by atoms with E-state index in [1.165, 1.54) is 94.2 Å². The zero-order valence-corrected chi connectivity index (χ0v) is 82.1. The second kappa shape index (κ2) is 50.2. The third-order valence-electron chi connectivity index (χ3n) is 18.8. The van der Waals surface area contributed by atoms with Gasteiger partial charge in [0.15, 0.2) is 0 Å². The van der Waals surface area contributed by atoms with Gasteiger partial charge in [0, 0.05) is 5.02 Å². The van der Waals surface area contributed by atoms with E-state index in [0.29, 0.717) is 39.5 Å². The van der Waals surface area contributed by atoms with Gasteiger partial charge >= 0.3 is 0 Å². The van der Waals surface area contributed by atoms with Crippen molar-refractivity contribution >= 4 is 34.8 Å². The molecule has 0 bridgehead atoms. The molecule has 0 saturated carbocycles. The molecule has 9 aromatic carbocycles. The summed E-state index contributed by atoms with van der Waals surface area (Å²) >= 11 is 18.0. The normalized spacial score (nSPS) is 12.1. The van der Waals surface area contributed by atoms with Crippen molar-refractivity contribution in [3.63, 3.8) is 0 Å². The molecule has 0 fully saturated rings. The molecule has 9 aromatic rings. The molecule has 0 radical (unpaired) electrons. The van der Waals surface area contributed by atoms with E-state index in [0.717, 1.165) is 39.1 Å². The van der Waals surface area contributed by atoms with E-state index in [1.807, 2.05) is 86.6 Å². The van der Waals surface area contributed by atoms with Crippen LogP contribution in [0.5, 0.6) is 23.0 Å². The molecule has 0 spiro atoms. The SMILES string of the molecule is CC(C)(C)CCc1ccccc1.CC(Oc1ccccc1Cl)C(C)(C)C.Cc1ccc(C(C)(C)C)cc1.Cc1ccc(CCC(C)(C)C)cc1.Cc1ccc(OCC(C)(C)C)c(Cl)c1.Cc1ccc(OCC(C)(C)C)cc1Cl.Cc1cccc(C(C)(C)C)c1.Cc1cccc(CCC(C)(C)C)c1.Cc1cccc(OC(C)C(C)(C)C)c1. The zero-order valence-electron chi connectivity index (χ0n) is 79.8. The van der Waals surface area contributed by atoms with Gasteiger partial charge in [-0.25, -0.2) is 0 Å². The van der Waals surface area contributed by atoms with Gasteiger partial charge in [-0.15, -0.1) is 0 Å². The number of hydrogen-bond donors (Lipinski definition) is 0. The summed E-state index contributed by atoms with van der Waals surface area (Å²) in [4.78, 5) is 0. The number of hydrogen-bond acceptors (Lipinski definition) is 4. The Hall–Kier alpha value is -6.95. The summed E-state index contributed by atoms with van der Waals surface area (Å²) < 4.78 is 22.9.